The third-order valence-electron chi connectivity index (χ3n) is 6.30. The molecule has 5 rings (SSSR count). The average Bonchev–Trinajstić information content (AvgIpc) is 3.49. The molecule has 0 aromatic carbocycles. The van der Waals surface area contributed by atoms with Crippen LogP contribution in [0.4, 0.5) is 11.4 Å². The molecular weight excluding hydrogens is 492 g/mol. The molecule has 0 bridgehead atoms. The first kappa shape index (κ1) is 25.1. The van der Waals surface area contributed by atoms with Crippen LogP contribution in [-0.2, 0) is 9.53 Å². The SMILES string of the molecule is Cc1ncc(NC(=O)CN2CC(C)OC(C)C2)cc1NC(=O)c1cnn2cc(-c3c(C)n[nH]c3C)sc12. The third-order valence-corrected chi connectivity index (χ3v) is 7.43. The van der Waals surface area contributed by atoms with Crippen LogP contribution in [0.15, 0.2) is 24.7 Å². The zero-order valence-electron chi connectivity index (χ0n) is 21.5. The number of pyridine rings is 1. The number of hydrogen-bond donors (Lipinski definition) is 3. The molecule has 2 amide bonds. The van der Waals surface area contributed by atoms with E-state index in [9.17, 15) is 9.59 Å². The van der Waals surface area contributed by atoms with E-state index in [2.05, 4.69) is 35.8 Å². The zero-order chi connectivity index (χ0) is 26.3. The van der Waals surface area contributed by atoms with Gasteiger partial charge in [0.15, 0.2) is 0 Å². The number of nitrogens with one attached hydrogen (secondary N) is 3. The van der Waals surface area contributed by atoms with E-state index < -0.39 is 0 Å². The minimum absolute atomic E-state index is 0.0851. The lowest BCUT2D eigenvalue weighted by Gasteiger charge is -2.34. The maximum Gasteiger partial charge on any atom is 0.260 e. The highest BCUT2D eigenvalue weighted by atomic mass is 32.1. The molecule has 2 atom stereocenters. The number of hydrogen-bond acceptors (Lipinski definition) is 8. The Morgan fingerprint density at radius 2 is 1.89 bits per heavy atom. The maximum absolute atomic E-state index is 13.2. The fraction of sp³-hybridized carbons (Fsp3) is 0.400. The summed E-state index contributed by atoms with van der Waals surface area (Å²) in [4.78, 5) is 34.0. The van der Waals surface area contributed by atoms with Crippen molar-refractivity contribution in [2.24, 2.45) is 0 Å². The van der Waals surface area contributed by atoms with Crippen LogP contribution in [0.5, 0.6) is 0 Å². The summed E-state index contributed by atoms with van der Waals surface area (Å²) in [5.41, 5.74) is 5.02. The predicted octanol–water partition coefficient (Wildman–Crippen LogP) is 3.41. The number of carbonyl (C=O) groups is 2. The van der Waals surface area contributed by atoms with E-state index in [1.54, 1.807) is 29.9 Å². The number of fused-ring (bicyclic) bond motifs is 1. The monoisotopic (exact) mass is 522 g/mol. The number of H-pyrrole nitrogens is 1. The largest absolute Gasteiger partial charge is 0.373 e. The second-order valence-electron chi connectivity index (χ2n) is 9.52. The number of aromatic nitrogens is 5. The van der Waals surface area contributed by atoms with Gasteiger partial charge in [0.25, 0.3) is 5.91 Å². The normalized spacial score (nSPS) is 18.3. The van der Waals surface area contributed by atoms with Gasteiger partial charge in [-0.2, -0.15) is 10.2 Å². The first-order chi connectivity index (χ1) is 17.7. The number of rotatable bonds is 6. The highest BCUT2D eigenvalue weighted by molar-refractivity contribution is 7.21. The summed E-state index contributed by atoms with van der Waals surface area (Å²) in [6.07, 6.45) is 5.22. The fourth-order valence-corrected chi connectivity index (χ4v) is 5.92. The second-order valence-corrected chi connectivity index (χ2v) is 10.6. The Bertz CT molecular complexity index is 1440. The molecule has 0 saturated carbocycles. The van der Waals surface area contributed by atoms with Crippen LogP contribution in [0.25, 0.3) is 15.3 Å². The van der Waals surface area contributed by atoms with Crippen molar-refractivity contribution < 1.29 is 14.3 Å². The molecule has 4 aromatic rings. The van der Waals surface area contributed by atoms with Crippen molar-refractivity contribution in [1.82, 2.24) is 29.7 Å². The highest BCUT2D eigenvalue weighted by Gasteiger charge is 2.24. The fourth-order valence-electron chi connectivity index (χ4n) is 4.71. The molecule has 1 fully saturated rings. The molecule has 0 spiro atoms. The van der Waals surface area contributed by atoms with Crippen molar-refractivity contribution in [1.29, 1.82) is 0 Å². The lowest BCUT2D eigenvalue weighted by molar-refractivity contribution is -0.121. The zero-order valence-corrected chi connectivity index (χ0v) is 22.3. The van der Waals surface area contributed by atoms with Crippen LogP contribution in [-0.4, -0.2) is 73.4 Å². The van der Waals surface area contributed by atoms with Crippen molar-refractivity contribution in [2.75, 3.05) is 30.3 Å². The van der Waals surface area contributed by atoms with Gasteiger partial charge in [0.1, 0.15) is 4.83 Å². The van der Waals surface area contributed by atoms with E-state index in [0.29, 0.717) is 35.7 Å². The number of nitrogens with zero attached hydrogens (tertiary/aromatic N) is 5. The third kappa shape index (κ3) is 5.26. The predicted molar refractivity (Wildman–Crippen MR) is 142 cm³/mol. The van der Waals surface area contributed by atoms with Crippen LogP contribution >= 0.6 is 11.3 Å². The molecule has 0 radical (unpaired) electrons. The smallest absolute Gasteiger partial charge is 0.260 e. The number of carbonyl (C=O) groups excluding carboxylic acids is 2. The molecule has 3 N–H and O–H groups in total. The summed E-state index contributed by atoms with van der Waals surface area (Å²) in [7, 11) is 0. The number of amides is 2. The quantitative estimate of drug-likeness (QED) is 0.354. The van der Waals surface area contributed by atoms with Gasteiger partial charge in [-0.15, -0.1) is 11.3 Å². The average molecular weight is 523 g/mol. The molecule has 1 saturated heterocycles. The van der Waals surface area contributed by atoms with E-state index in [4.69, 9.17) is 4.74 Å². The van der Waals surface area contributed by atoms with Gasteiger partial charge in [-0.3, -0.25) is 24.6 Å². The van der Waals surface area contributed by atoms with Crippen molar-refractivity contribution in [3.05, 3.63) is 47.3 Å². The van der Waals surface area contributed by atoms with E-state index >= 15 is 0 Å². The van der Waals surface area contributed by atoms with Crippen molar-refractivity contribution in [3.63, 3.8) is 0 Å². The molecule has 0 aliphatic carbocycles. The molecule has 194 valence electrons. The first-order valence-corrected chi connectivity index (χ1v) is 12.9. The molecule has 5 heterocycles. The molecule has 11 nitrogen and oxygen atoms in total. The van der Waals surface area contributed by atoms with Gasteiger partial charge in [-0.1, -0.05) is 0 Å². The molecule has 1 aliphatic rings. The van der Waals surface area contributed by atoms with Crippen LogP contribution in [0.2, 0.25) is 0 Å². The molecule has 37 heavy (non-hydrogen) atoms. The number of morpholine rings is 1. The van der Waals surface area contributed by atoms with Gasteiger partial charge in [-0.05, 0) is 40.7 Å². The van der Waals surface area contributed by atoms with E-state index in [1.807, 2.05) is 33.9 Å². The Kier molecular flexibility index (Phi) is 6.80. The van der Waals surface area contributed by atoms with Gasteiger partial charge in [0, 0.05) is 30.5 Å². The van der Waals surface area contributed by atoms with Crippen LogP contribution in [0.1, 0.15) is 41.3 Å². The van der Waals surface area contributed by atoms with E-state index in [-0.39, 0.29) is 30.6 Å². The summed E-state index contributed by atoms with van der Waals surface area (Å²) >= 11 is 1.48. The Morgan fingerprint density at radius 3 is 2.59 bits per heavy atom. The lowest BCUT2D eigenvalue weighted by Crippen LogP contribution is -2.48. The summed E-state index contributed by atoms with van der Waals surface area (Å²) < 4.78 is 7.44. The molecule has 4 aromatic heterocycles. The molecule has 12 heteroatoms. The number of aromatic amines is 1. The van der Waals surface area contributed by atoms with Crippen molar-refractivity contribution in [2.45, 2.75) is 46.8 Å². The lowest BCUT2D eigenvalue weighted by atomic mass is 10.2. The molecule has 2 unspecified atom stereocenters. The van der Waals surface area contributed by atoms with Gasteiger partial charge < -0.3 is 15.4 Å². The number of thiazole rings is 1. The van der Waals surface area contributed by atoms with Crippen LogP contribution < -0.4 is 10.6 Å². The standard InChI is InChI=1S/C25H30N8O3S/c1-13-9-32(10-14(2)36-13)12-22(34)28-18-6-20(15(3)26-7-18)29-24(35)19-8-27-33-11-21(37-25(19)33)23-16(4)30-31-17(23)5/h6-8,11,13-14H,9-10,12H2,1-5H3,(H,28,34)(H,29,35)(H,30,31). The van der Waals surface area contributed by atoms with Crippen LogP contribution in [0.3, 0.4) is 0 Å². The topological polar surface area (TPSA) is 130 Å². The maximum atomic E-state index is 13.2. The number of aryl methyl sites for hydroxylation is 3. The van der Waals surface area contributed by atoms with Gasteiger partial charge in [0.05, 0.1) is 64.3 Å². The summed E-state index contributed by atoms with van der Waals surface area (Å²) in [5.74, 6) is -0.438. The Labute approximate surface area is 218 Å². The number of anilines is 2. The molecule has 1 aliphatic heterocycles. The van der Waals surface area contributed by atoms with E-state index in [1.165, 1.54) is 11.3 Å². The minimum atomic E-state index is -0.297. The summed E-state index contributed by atoms with van der Waals surface area (Å²) in [6.45, 7) is 11.4. The highest BCUT2D eigenvalue weighted by Crippen LogP contribution is 2.34. The summed E-state index contributed by atoms with van der Waals surface area (Å²) in [5, 5.41) is 17.5. The van der Waals surface area contributed by atoms with Gasteiger partial charge in [0.2, 0.25) is 5.91 Å². The van der Waals surface area contributed by atoms with Crippen molar-refractivity contribution >= 4 is 39.4 Å². The van der Waals surface area contributed by atoms with Crippen molar-refractivity contribution in [3.8, 4) is 10.4 Å². The Hall–Kier alpha value is -3.61. The van der Waals surface area contributed by atoms with E-state index in [0.717, 1.165) is 26.7 Å². The second kappa shape index (κ2) is 10.0. The Balaban J connectivity index is 1.30. The number of ether oxygens (including phenoxy) is 1. The minimum Gasteiger partial charge on any atom is -0.373 e. The Morgan fingerprint density at radius 1 is 1.14 bits per heavy atom. The van der Waals surface area contributed by atoms with Crippen LogP contribution in [0, 0.1) is 20.8 Å². The molecular formula is C25H30N8O3S. The first-order valence-electron chi connectivity index (χ1n) is 12.1. The van der Waals surface area contributed by atoms with Gasteiger partial charge in [-0.25, -0.2) is 4.52 Å². The van der Waals surface area contributed by atoms with Gasteiger partial charge >= 0.3 is 0 Å². The summed E-state index contributed by atoms with van der Waals surface area (Å²) in [6, 6.07) is 1.72.